The number of benzene rings is 6. The number of piperidine rings is 3. The summed E-state index contributed by atoms with van der Waals surface area (Å²) >= 11 is 3.25. The van der Waals surface area contributed by atoms with Gasteiger partial charge in [-0.15, -0.1) is 15.3 Å². The van der Waals surface area contributed by atoms with Gasteiger partial charge in [-0.3, -0.25) is 19.5 Å². The summed E-state index contributed by atoms with van der Waals surface area (Å²) in [6.45, 7) is 13.6. The van der Waals surface area contributed by atoms with E-state index in [0.717, 1.165) is 240 Å². The van der Waals surface area contributed by atoms with Crippen LogP contribution in [-0.4, -0.2) is 223 Å². The molecule has 3 unspecified atom stereocenters. The number of carboxylic acids is 1. The molecule has 6 aromatic carbocycles. The number of esters is 2. The molecule has 9 aliphatic rings. The van der Waals surface area contributed by atoms with Crippen LogP contribution in [-0.2, 0) is 81.5 Å². The average Bonchev–Trinajstić information content (AvgIpc) is 1.63. The Balaban J connectivity index is 0.000000141. The van der Waals surface area contributed by atoms with Crippen molar-refractivity contribution in [2.45, 2.75) is 215 Å². The van der Waals surface area contributed by atoms with Crippen molar-refractivity contribution in [3.05, 3.63) is 295 Å². The summed E-state index contributed by atoms with van der Waals surface area (Å²) in [7, 11) is 2.79. The number of alkyl halides is 1. The molecule has 0 bridgehead atoms. The number of aromatic nitrogens is 18. The number of carbonyl (C=O) groups is 3. The van der Waals surface area contributed by atoms with Crippen LogP contribution in [0.3, 0.4) is 0 Å². The number of fused-ring (bicyclic) bond motifs is 3. The third-order valence-electron chi connectivity index (χ3n) is 28.8. The van der Waals surface area contributed by atoms with Gasteiger partial charge in [0.2, 0.25) is 17.3 Å². The number of aromatic amines is 1. The Kier molecular flexibility index (Phi) is 36.1. The van der Waals surface area contributed by atoms with Crippen molar-refractivity contribution in [2.24, 2.45) is 0 Å². The van der Waals surface area contributed by atoms with Crippen LogP contribution in [0.15, 0.2) is 187 Å². The van der Waals surface area contributed by atoms with Gasteiger partial charge in [0.15, 0.2) is 0 Å². The number of halogens is 5. The number of rotatable bonds is 31. The molecule has 3 atom stereocenters. The van der Waals surface area contributed by atoms with Crippen molar-refractivity contribution in [2.75, 3.05) is 73.3 Å². The number of likely N-dealkylation sites (tertiary alicyclic amines) is 3. The molecule has 9 aromatic heterocycles. The number of carboxylic acid groups (broad SMARTS) is 1. The molecular weight excluding hydrogens is 2100 g/mol. The third kappa shape index (κ3) is 26.5. The minimum absolute atomic E-state index is 0. The van der Waals surface area contributed by atoms with Crippen LogP contribution in [0.5, 0.6) is 11.8 Å². The van der Waals surface area contributed by atoms with E-state index >= 15 is 4.39 Å². The van der Waals surface area contributed by atoms with Crippen LogP contribution < -0.4 is 57.9 Å². The molecule has 3 N–H and O–H groups in total. The predicted molar refractivity (Wildman–Crippen MR) is 544 cm³/mol. The molecule has 41 heteroatoms. The van der Waals surface area contributed by atoms with E-state index in [9.17, 15) is 33.1 Å². The van der Waals surface area contributed by atoms with Crippen LogP contribution in [0, 0.1) is 28.8 Å². The number of hydrogen-bond acceptors (Lipinski definition) is 27. The monoisotopic (exact) mass is 2210 g/mol. The van der Waals surface area contributed by atoms with E-state index in [-0.39, 0.29) is 126 Å². The zero-order valence-corrected chi connectivity index (χ0v) is 87.8. The largest absolute Gasteiger partial charge is 1.00 e. The Labute approximate surface area is 901 Å². The van der Waals surface area contributed by atoms with Gasteiger partial charge >= 0.3 is 36.8 Å². The van der Waals surface area contributed by atoms with Gasteiger partial charge in [-0.1, -0.05) is 68.0 Å². The standard InChI is InChI=1S/C36H38FN7O4.C35H36FN7O4.C24H28N4O4.C12H11BrFN3.C2H3N.HI.Li.H2O/c1-46-36(45)25-8-10-31-33(17-25)43(19-28-13-16-47-28)34(38-31)21-42-14-11-24(12-15-42)30-3-2-4-35(39-30)48-22-26-7-9-27(18-29(26)37)44-20-32(40-41-44)23-5-6-23;36-28-17-26(43-19-31(39-40-43)22-4-5-22)8-6-25(28)21-47-34-3-1-2-29(38-34)23-10-13-41(14-11-23)20-33-37-30-9-7-24(35(44)45)16-32(30)42(33)18-27-12-15-46-27;1-31-24(30)17-5-6-20-21(13-17)28(14-18-9-12-32-18)22(25-20)15-27-10-7-16(8-11-27)19-3-2-4-23(29)26-19;13-6-9-3-4-10(5-11(9)14)17-7-12(15-16-17)8-1-2-8;1-2-3;;;/h2-4,7-10,17-18,20,23-24,28H,5-6,11-16,19,21-22H2,1H3;1-3,6-9,16-17,19,22-23,27H,4-5,10-15,18,20-21H2,(H,44,45);2-6,13,16,18H,7-12,14-15H2,1H3,(H,26,29);3-5,7-8H,1-2,6H2;1H3;1H;;1H2/q;;;;;;+1;/p-2. The van der Waals surface area contributed by atoms with Gasteiger partial charge < -0.3 is 86.4 Å². The zero-order valence-electron chi connectivity index (χ0n) is 84.0. The minimum atomic E-state index is -0.946. The van der Waals surface area contributed by atoms with E-state index in [1.165, 1.54) is 52.2 Å². The van der Waals surface area contributed by atoms with E-state index in [4.69, 9.17) is 63.3 Å². The molecule has 3 aliphatic carbocycles. The fourth-order valence-corrected chi connectivity index (χ4v) is 20.0. The van der Waals surface area contributed by atoms with Crippen molar-refractivity contribution >= 4 is 66.9 Å². The zero-order chi connectivity index (χ0) is 101. The summed E-state index contributed by atoms with van der Waals surface area (Å²) in [5.41, 5.74) is 16.0. The van der Waals surface area contributed by atoms with Crippen LogP contribution >= 0.6 is 15.9 Å². The Morgan fingerprint density at radius 1 is 0.440 bits per heavy atom. The maximum absolute atomic E-state index is 15.0. The van der Waals surface area contributed by atoms with Crippen molar-refractivity contribution in [1.82, 2.24) is 103 Å². The summed E-state index contributed by atoms with van der Waals surface area (Å²) in [6.07, 6.45) is 21.9. The smallest absolute Gasteiger partial charge is 1.00 e. The number of aromatic carboxylic acids is 1. The first-order chi connectivity index (χ1) is 71.8. The number of imidazole rings is 3. The minimum Gasteiger partial charge on any atom is -1.00 e. The number of nitrogens with zero attached hydrogens (tertiary/aromatic N) is 21. The Bertz CT molecular complexity index is 7330. The molecule has 3 saturated carbocycles. The summed E-state index contributed by atoms with van der Waals surface area (Å²) in [5, 5.41) is 42.3. The number of ether oxygens (including phenoxy) is 7. The van der Waals surface area contributed by atoms with Crippen molar-refractivity contribution < 1.29 is 114 Å². The molecule has 9 fully saturated rings. The number of H-pyrrole nitrogens is 1. The number of pyridine rings is 3. The van der Waals surface area contributed by atoms with Gasteiger partial charge in [-0.05, 0) is 238 Å². The van der Waals surface area contributed by atoms with Gasteiger partial charge in [0.25, 0.3) is 0 Å². The average molecular weight is 2210 g/mol. The van der Waals surface area contributed by atoms with E-state index in [0.29, 0.717) is 118 Å². The molecule has 35 nitrogen and oxygen atoms in total. The van der Waals surface area contributed by atoms with Crippen LogP contribution in [0.25, 0.3) is 50.2 Å². The molecule has 0 radical (unpaired) electrons. The Hall–Kier alpha value is -12.8. The van der Waals surface area contributed by atoms with E-state index in [2.05, 4.69) is 80.3 Å². The fourth-order valence-electron chi connectivity index (χ4n) is 19.6. The number of nitrogens with one attached hydrogen (secondary N) is 1. The van der Waals surface area contributed by atoms with Crippen molar-refractivity contribution in [3.63, 3.8) is 0 Å². The number of carbonyl (C=O) groups excluding carboxylic acids is 2. The summed E-state index contributed by atoms with van der Waals surface area (Å²) in [4.78, 5) is 82.1. The molecule has 6 saturated heterocycles. The number of methoxy groups -OCH3 is 2. The number of nitriles is 1. The molecular formula is C109H117BrF3ILiN22O13-. The SMILES string of the molecule is CC#N.COC(=O)c1ccc2nc(CN3CCC(c4cccc(=O)[nH]4)CC3)n(CC3CCO3)c2c1.COC(=O)c1ccc2nc(CN3CCC(c4cccc(OCc5ccc(-n6cc(C7CC7)nn6)cc5F)n4)CC3)n(CC3CCO3)c2c1.Fc1cc(-n2cc(C3CC3)nn2)ccc1CBr.O=C(O)c1ccc2nc(CN3CCC(c4cccc(OCc5ccc(-n6cc(C7CC7)nn6)cc5F)n4)CC3)n(CC3CCO3)c2c1.[I-].[Li+].[OH-]. The van der Waals surface area contributed by atoms with Crippen LogP contribution in [0.2, 0.25) is 0 Å². The van der Waals surface area contributed by atoms with Gasteiger partial charge in [0.1, 0.15) is 48.1 Å². The molecule has 24 rings (SSSR count). The van der Waals surface area contributed by atoms with Gasteiger partial charge in [0.05, 0.1) is 180 Å². The van der Waals surface area contributed by atoms with Crippen molar-refractivity contribution in [3.8, 4) is 34.9 Å². The van der Waals surface area contributed by atoms with Gasteiger partial charge in [0, 0.05) is 126 Å². The molecule has 0 amide bonds. The normalized spacial score (nSPS) is 17.8. The predicted octanol–water partition coefficient (Wildman–Crippen LogP) is 11.3. The molecule has 778 valence electrons. The quantitative estimate of drug-likeness (QED) is 0.0176. The number of hydrogen-bond donors (Lipinski definition) is 2. The second kappa shape index (κ2) is 50.0. The van der Waals surface area contributed by atoms with Crippen LogP contribution in [0.1, 0.15) is 238 Å². The first kappa shape index (κ1) is 108. The van der Waals surface area contributed by atoms with E-state index < -0.39 is 5.97 Å². The molecule has 150 heavy (non-hydrogen) atoms. The molecule has 6 aliphatic heterocycles. The topological polar surface area (TPSA) is 404 Å². The van der Waals surface area contributed by atoms with E-state index in [1.807, 2.05) is 110 Å². The first-order valence-corrected chi connectivity index (χ1v) is 51.7. The van der Waals surface area contributed by atoms with Crippen LogP contribution in [0.4, 0.5) is 13.2 Å². The van der Waals surface area contributed by atoms with Crippen molar-refractivity contribution in [1.29, 1.82) is 5.26 Å². The Morgan fingerprint density at radius 3 is 1.09 bits per heavy atom. The summed E-state index contributed by atoms with van der Waals surface area (Å²) in [5.74, 6) is 3.79. The molecule has 0 spiro atoms. The summed E-state index contributed by atoms with van der Waals surface area (Å²) < 4.78 is 94.0. The van der Waals surface area contributed by atoms with Gasteiger partial charge in [-0.25, -0.2) is 66.5 Å². The Morgan fingerprint density at radius 2 is 0.773 bits per heavy atom. The van der Waals surface area contributed by atoms with Gasteiger partial charge in [-0.2, -0.15) is 5.26 Å². The molecule has 15 aromatic rings. The second-order valence-corrected chi connectivity index (χ2v) is 39.5. The fraction of sp³-hybridized carbons (Fsp3) is 0.413. The maximum Gasteiger partial charge on any atom is 1.00 e. The first-order valence-electron chi connectivity index (χ1n) is 50.5. The summed E-state index contributed by atoms with van der Waals surface area (Å²) in [6, 6.07) is 50.1. The van der Waals surface area contributed by atoms with E-state index in [1.54, 1.807) is 74.7 Å². The second-order valence-electron chi connectivity index (χ2n) is 38.9. The maximum atomic E-state index is 15.0. The third-order valence-corrected chi connectivity index (χ3v) is 29.4. The molecule has 15 heterocycles.